The van der Waals surface area contributed by atoms with Crippen LogP contribution >= 0.6 is 27.7 Å². The summed E-state index contributed by atoms with van der Waals surface area (Å²) in [4.78, 5) is 31.1. The largest absolute Gasteiger partial charge is 0.321 e. The minimum atomic E-state index is -0.431. The van der Waals surface area contributed by atoms with Crippen molar-refractivity contribution in [2.45, 2.75) is 24.5 Å². The highest BCUT2D eigenvalue weighted by Gasteiger charge is 2.15. The van der Waals surface area contributed by atoms with E-state index in [4.69, 9.17) is 0 Å². The minimum absolute atomic E-state index is 0.296. The van der Waals surface area contributed by atoms with Crippen LogP contribution in [0, 0.1) is 13.8 Å². The van der Waals surface area contributed by atoms with E-state index < -0.39 is 5.91 Å². The molecular weight excluding hydrogens is 548 g/mol. The maximum atomic E-state index is 13.1. The van der Waals surface area contributed by atoms with Crippen molar-refractivity contribution in [3.05, 3.63) is 123 Å². The number of hydrogen-bond acceptors (Lipinski definition) is 5. The molecule has 0 unspecified atom stereocenters. The molecule has 0 aliphatic rings. The minimum Gasteiger partial charge on any atom is -0.321 e. The molecule has 186 valence electrons. The Morgan fingerprint density at radius 3 is 2.54 bits per heavy atom. The van der Waals surface area contributed by atoms with E-state index in [2.05, 4.69) is 36.8 Å². The van der Waals surface area contributed by atoms with Crippen LogP contribution in [0.25, 0.3) is 0 Å². The molecule has 0 fully saturated rings. The Hall–Kier alpha value is -3.75. The summed E-state index contributed by atoms with van der Waals surface area (Å²) in [5.41, 5.74) is 7.99. The van der Waals surface area contributed by atoms with Gasteiger partial charge in [0.15, 0.2) is 0 Å². The van der Waals surface area contributed by atoms with Gasteiger partial charge in [-0.1, -0.05) is 46.3 Å². The van der Waals surface area contributed by atoms with Gasteiger partial charge >= 0.3 is 0 Å². The van der Waals surface area contributed by atoms with Crippen molar-refractivity contribution in [2.75, 3.05) is 5.32 Å². The average molecular weight is 574 g/mol. The van der Waals surface area contributed by atoms with E-state index in [1.807, 2.05) is 62.4 Å². The van der Waals surface area contributed by atoms with E-state index in [9.17, 15) is 9.59 Å². The van der Waals surface area contributed by atoms with Gasteiger partial charge < -0.3 is 5.32 Å². The van der Waals surface area contributed by atoms with Crippen molar-refractivity contribution in [1.82, 2.24) is 10.4 Å². The Bertz CT molecular complexity index is 1460. The number of carbonyl (C=O) groups is 2. The summed E-state index contributed by atoms with van der Waals surface area (Å²) in [6.45, 7) is 4.07. The van der Waals surface area contributed by atoms with Crippen molar-refractivity contribution in [2.24, 2.45) is 5.10 Å². The van der Waals surface area contributed by atoms with E-state index in [-0.39, 0.29) is 5.91 Å². The molecule has 0 radical (unpaired) electrons. The molecule has 37 heavy (non-hydrogen) atoms. The van der Waals surface area contributed by atoms with Gasteiger partial charge in [0.25, 0.3) is 11.8 Å². The second-order valence-electron chi connectivity index (χ2n) is 8.36. The van der Waals surface area contributed by atoms with Gasteiger partial charge in [0.05, 0.1) is 17.5 Å². The molecule has 1 heterocycles. The standard InChI is InChI=1S/C29H25BrN4O2S/c1-19-6-7-21(14-20(19)2)17-32-34-29(36)26-16-24(30)8-9-27(26)33-28(35)23-5-3-4-22(15-23)18-37-25-10-12-31-13-11-25/h3-17H,18H2,1-2H3,(H,33,35)(H,34,36)/b32-17+. The molecule has 4 aromatic rings. The highest BCUT2D eigenvalue weighted by molar-refractivity contribution is 9.10. The lowest BCUT2D eigenvalue weighted by Gasteiger charge is -2.11. The van der Waals surface area contributed by atoms with Crippen LogP contribution in [0.3, 0.4) is 0 Å². The molecule has 2 N–H and O–H groups in total. The van der Waals surface area contributed by atoms with Crippen molar-refractivity contribution < 1.29 is 9.59 Å². The van der Waals surface area contributed by atoms with Crippen LogP contribution in [0.15, 0.2) is 99.7 Å². The predicted molar refractivity (Wildman–Crippen MR) is 153 cm³/mol. The van der Waals surface area contributed by atoms with Gasteiger partial charge in [-0.2, -0.15) is 5.10 Å². The Balaban J connectivity index is 1.44. The Morgan fingerprint density at radius 1 is 0.946 bits per heavy atom. The summed E-state index contributed by atoms with van der Waals surface area (Å²) in [6, 6.07) is 22.4. The third kappa shape index (κ3) is 7.38. The van der Waals surface area contributed by atoms with Crippen LogP contribution in [0.1, 0.15) is 43.0 Å². The first-order valence-electron chi connectivity index (χ1n) is 11.5. The summed E-state index contributed by atoms with van der Waals surface area (Å²) < 4.78 is 0.712. The zero-order valence-corrected chi connectivity index (χ0v) is 22.8. The fraction of sp³-hybridized carbons (Fsp3) is 0.103. The lowest BCUT2D eigenvalue weighted by molar-refractivity contribution is 0.0956. The molecule has 0 saturated heterocycles. The number of aryl methyl sites for hydroxylation is 2. The Kier molecular flexibility index (Phi) is 8.87. The fourth-order valence-electron chi connectivity index (χ4n) is 3.48. The molecule has 6 nitrogen and oxygen atoms in total. The van der Waals surface area contributed by atoms with Gasteiger partial charge in [0, 0.05) is 33.1 Å². The summed E-state index contributed by atoms with van der Waals surface area (Å²) in [7, 11) is 0. The Morgan fingerprint density at radius 2 is 1.76 bits per heavy atom. The molecule has 2 amide bonds. The molecule has 0 bridgehead atoms. The molecule has 3 aromatic carbocycles. The van der Waals surface area contributed by atoms with Crippen LogP contribution < -0.4 is 10.7 Å². The lowest BCUT2D eigenvalue weighted by Crippen LogP contribution is -2.21. The first-order valence-corrected chi connectivity index (χ1v) is 13.3. The number of halogens is 1. The van der Waals surface area contributed by atoms with Crippen molar-refractivity contribution in [3.63, 3.8) is 0 Å². The van der Waals surface area contributed by atoms with Crippen LogP contribution in [0.5, 0.6) is 0 Å². The van der Waals surface area contributed by atoms with Crippen molar-refractivity contribution in [3.8, 4) is 0 Å². The molecule has 0 aliphatic heterocycles. The molecule has 0 saturated carbocycles. The van der Waals surface area contributed by atoms with Crippen molar-refractivity contribution in [1.29, 1.82) is 0 Å². The summed E-state index contributed by atoms with van der Waals surface area (Å²) in [5, 5.41) is 6.97. The third-order valence-corrected chi connectivity index (χ3v) is 7.21. The normalized spacial score (nSPS) is 10.9. The number of nitrogens with one attached hydrogen (secondary N) is 2. The smallest absolute Gasteiger partial charge is 0.273 e. The first-order chi connectivity index (χ1) is 17.9. The number of benzene rings is 3. The quantitative estimate of drug-likeness (QED) is 0.139. The van der Waals surface area contributed by atoms with Crippen LogP contribution in [-0.4, -0.2) is 23.0 Å². The first kappa shape index (κ1) is 26.3. The van der Waals surface area contributed by atoms with Gasteiger partial charge in [-0.15, -0.1) is 11.8 Å². The number of hydrogen-bond donors (Lipinski definition) is 2. The third-order valence-electron chi connectivity index (χ3n) is 5.63. The highest BCUT2D eigenvalue weighted by atomic mass is 79.9. The monoisotopic (exact) mass is 572 g/mol. The highest BCUT2D eigenvalue weighted by Crippen LogP contribution is 2.24. The fourth-order valence-corrected chi connectivity index (χ4v) is 4.67. The predicted octanol–water partition coefficient (Wildman–Crippen LogP) is 6.77. The van der Waals surface area contributed by atoms with Crippen molar-refractivity contribution >= 4 is 51.4 Å². The van der Waals surface area contributed by atoms with Gasteiger partial charge in [-0.3, -0.25) is 14.6 Å². The molecule has 0 atom stereocenters. The zero-order valence-electron chi connectivity index (χ0n) is 20.4. The topological polar surface area (TPSA) is 83.5 Å². The van der Waals surface area contributed by atoms with E-state index in [1.165, 1.54) is 5.56 Å². The summed E-state index contributed by atoms with van der Waals surface area (Å²) in [5.74, 6) is -0.0137. The number of pyridine rings is 1. The summed E-state index contributed by atoms with van der Waals surface area (Å²) >= 11 is 5.07. The zero-order chi connectivity index (χ0) is 26.2. The van der Waals surface area contributed by atoms with Crippen LogP contribution in [-0.2, 0) is 5.75 Å². The van der Waals surface area contributed by atoms with Gasteiger partial charge in [0.2, 0.25) is 0 Å². The molecule has 0 spiro atoms. The van der Waals surface area contributed by atoms with E-state index in [1.54, 1.807) is 54.6 Å². The second-order valence-corrected chi connectivity index (χ2v) is 10.3. The van der Waals surface area contributed by atoms with E-state index in [0.29, 0.717) is 21.3 Å². The maximum Gasteiger partial charge on any atom is 0.273 e. The molecule has 0 aliphatic carbocycles. The number of hydrazone groups is 1. The molecular formula is C29H25BrN4O2S. The van der Waals surface area contributed by atoms with Gasteiger partial charge in [-0.05, 0) is 78.6 Å². The molecule has 4 rings (SSSR count). The van der Waals surface area contributed by atoms with Crippen LogP contribution in [0.2, 0.25) is 0 Å². The number of rotatable bonds is 8. The number of aromatic nitrogens is 1. The number of carbonyl (C=O) groups excluding carboxylic acids is 2. The summed E-state index contributed by atoms with van der Waals surface area (Å²) in [6.07, 6.45) is 5.11. The average Bonchev–Trinajstić information content (AvgIpc) is 2.91. The van der Waals surface area contributed by atoms with Crippen LogP contribution in [0.4, 0.5) is 5.69 Å². The SMILES string of the molecule is Cc1ccc(/C=N/NC(=O)c2cc(Br)ccc2NC(=O)c2cccc(CSc3ccncc3)c2)cc1C. The second kappa shape index (κ2) is 12.5. The maximum absolute atomic E-state index is 13.1. The number of amides is 2. The van der Waals surface area contributed by atoms with E-state index in [0.717, 1.165) is 27.3 Å². The van der Waals surface area contributed by atoms with Gasteiger partial charge in [0.1, 0.15) is 0 Å². The molecule has 1 aromatic heterocycles. The Labute approximate surface area is 228 Å². The molecule has 8 heteroatoms. The number of anilines is 1. The lowest BCUT2D eigenvalue weighted by atomic mass is 10.1. The van der Waals surface area contributed by atoms with E-state index >= 15 is 0 Å². The number of thioether (sulfide) groups is 1. The number of nitrogens with zero attached hydrogens (tertiary/aromatic N) is 2. The van der Waals surface area contributed by atoms with Gasteiger partial charge in [-0.25, -0.2) is 5.43 Å².